The topological polar surface area (TPSA) is 50.4 Å². The monoisotopic (exact) mass is 343 g/mol. The fourth-order valence-electron chi connectivity index (χ4n) is 3.07. The third kappa shape index (κ3) is 5.31. The molecule has 1 aliphatic heterocycles. The van der Waals surface area contributed by atoms with Gasteiger partial charge < -0.3 is 14.5 Å². The fraction of sp³-hybridized carbons (Fsp3) is 0.550. The van der Waals surface area contributed by atoms with Crippen molar-refractivity contribution >= 4 is 0 Å². The highest BCUT2D eigenvalue weighted by Crippen LogP contribution is 2.30. The molecule has 0 aliphatic carbocycles. The molecule has 2 aromatic rings. The number of morpholine rings is 1. The number of hydrogen-bond acceptors (Lipinski definition) is 4. The highest BCUT2D eigenvalue weighted by molar-refractivity contribution is 5.66. The van der Waals surface area contributed by atoms with Crippen molar-refractivity contribution in [1.29, 1.82) is 0 Å². The van der Waals surface area contributed by atoms with E-state index in [-0.39, 0.29) is 5.41 Å². The molecule has 5 nitrogen and oxygen atoms in total. The molecular weight excluding hydrogens is 314 g/mol. The number of nitrogens with zero attached hydrogens (tertiary/aromatic N) is 2. The SMILES string of the molecule is CC(C)(CCOc1ccccc1-c1cnc[nH]1)CCN1CCOCC1. The van der Waals surface area contributed by atoms with Gasteiger partial charge in [-0.2, -0.15) is 0 Å². The first kappa shape index (κ1) is 18.0. The molecule has 0 spiro atoms. The lowest BCUT2D eigenvalue weighted by molar-refractivity contribution is 0.0316. The Kier molecular flexibility index (Phi) is 6.10. The van der Waals surface area contributed by atoms with Crippen molar-refractivity contribution in [2.75, 3.05) is 39.5 Å². The molecule has 2 heterocycles. The van der Waals surface area contributed by atoms with E-state index in [0.717, 1.165) is 62.9 Å². The summed E-state index contributed by atoms with van der Waals surface area (Å²) in [6.45, 7) is 10.4. The second-order valence-corrected chi connectivity index (χ2v) is 7.43. The van der Waals surface area contributed by atoms with Crippen molar-refractivity contribution in [3.8, 4) is 17.0 Å². The first-order valence-electron chi connectivity index (χ1n) is 9.15. The van der Waals surface area contributed by atoms with Gasteiger partial charge in [0.25, 0.3) is 0 Å². The maximum atomic E-state index is 6.11. The molecular formula is C20H29N3O2. The molecule has 0 bridgehead atoms. The quantitative estimate of drug-likeness (QED) is 0.796. The van der Waals surface area contributed by atoms with Crippen molar-refractivity contribution in [2.24, 2.45) is 5.41 Å². The Morgan fingerprint density at radius 3 is 2.76 bits per heavy atom. The minimum absolute atomic E-state index is 0.265. The van der Waals surface area contributed by atoms with Gasteiger partial charge >= 0.3 is 0 Å². The van der Waals surface area contributed by atoms with E-state index in [0.29, 0.717) is 0 Å². The number of aromatic amines is 1. The molecule has 1 aliphatic rings. The maximum absolute atomic E-state index is 6.11. The Bertz CT molecular complexity index is 634. The Balaban J connectivity index is 1.49. The lowest BCUT2D eigenvalue weighted by atomic mass is 9.86. The van der Waals surface area contributed by atoms with Gasteiger partial charge in [-0.1, -0.05) is 26.0 Å². The molecule has 0 unspecified atom stereocenters. The number of aromatic nitrogens is 2. The summed E-state index contributed by atoms with van der Waals surface area (Å²) < 4.78 is 11.5. The van der Waals surface area contributed by atoms with Crippen LogP contribution in [0.25, 0.3) is 11.3 Å². The normalized spacial score (nSPS) is 16.1. The van der Waals surface area contributed by atoms with E-state index in [4.69, 9.17) is 9.47 Å². The molecule has 1 aromatic carbocycles. The highest BCUT2D eigenvalue weighted by Gasteiger charge is 2.20. The minimum Gasteiger partial charge on any atom is -0.493 e. The Morgan fingerprint density at radius 1 is 1.20 bits per heavy atom. The Hall–Kier alpha value is -1.85. The molecule has 25 heavy (non-hydrogen) atoms. The molecule has 3 rings (SSSR count). The van der Waals surface area contributed by atoms with Gasteiger partial charge in [-0.15, -0.1) is 0 Å². The zero-order valence-corrected chi connectivity index (χ0v) is 15.3. The minimum atomic E-state index is 0.265. The van der Waals surface area contributed by atoms with E-state index in [1.165, 1.54) is 6.42 Å². The lowest BCUT2D eigenvalue weighted by Crippen LogP contribution is -2.38. The summed E-state index contributed by atoms with van der Waals surface area (Å²) in [5.41, 5.74) is 2.31. The molecule has 136 valence electrons. The summed E-state index contributed by atoms with van der Waals surface area (Å²) in [7, 11) is 0. The average Bonchev–Trinajstić information content (AvgIpc) is 3.16. The third-order valence-electron chi connectivity index (χ3n) is 4.92. The van der Waals surface area contributed by atoms with Crippen LogP contribution in [-0.2, 0) is 4.74 Å². The van der Waals surface area contributed by atoms with Crippen molar-refractivity contribution in [3.05, 3.63) is 36.8 Å². The predicted octanol–water partition coefficient (Wildman–Crippen LogP) is 3.59. The molecule has 1 N–H and O–H groups in total. The van der Waals surface area contributed by atoms with Gasteiger partial charge in [-0.3, -0.25) is 4.90 Å². The van der Waals surface area contributed by atoms with Gasteiger partial charge in [-0.05, 0) is 36.9 Å². The van der Waals surface area contributed by atoms with Crippen LogP contribution in [-0.4, -0.2) is 54.3 Å². The van der Waals surface area contributed by atoms with Crippen molar-refractivity contribution in [1.82, 2.24) is 14.9 Å². The lowest BCUT2D eigenvalue weighted by Gasteiger charge is -2.31. The maximum Gasteiger partial charge on any atom is 0.128 e. The van der Waals surface area contributed by atoms with Gasteiger partial charge in [0.1, 0.15) is 5.75 Å². The van der Waals surface area contributed by atoms with E-state index >= 15 is 0 Å². The third-order valence-corrected chi connectivity index (χ3v) is 4.92. The number of para-hydroxylation sites is 1. The zero-order chi connectivity index (χ0) is 17.5. The number of hydrogen-bond donors (Lipinski definition) is 1. The van der Waals surface area contributed by atoms with Crippen LogP contribution in [0.5, 0.6) is 5.75 Å². The number of benzene rings is 1. The van der Waals surface area contributed by atoms with E-state index < -0.39 is 0 Å². The van der Waals surface area contributed by atoms with Crippen LogP contribution < -0.4 is 4.74 Å². The second-order valence-electron chi connectivity index (χ2n) is 7.43. The zero-order valence-electron chi connectivity index (χ0n) is 15.3. The van der Waals surface area contributed by atoms with Crippen molar-refractivity contribution < 1.29 is 9.47 Å². The first-order chi connectivity index (χ1) is 12.1. The van der Waals surface area contributed by atoms with Gasteiger partial charge in [0, 0.05) is 18.7 Å². The summed E-state index contributed by atoms with van der Waals surface area (Å²) >= 11 is 0. The molecule has 0 amide bonds. The van der Waals surface area contributed by atoms with Crippen LogP contribution in [0, 0.1) is 5.41 Å². The van der Waals surface area contributed by atoms with E-state index in [1.807, 2.05) is 24.4 Å². The molecule has 1 saturated heterocycles. The molecule has 0 radical (unpaired) electrons. The molecule has 1 fully saturated rings. The number of imidazole rings is 1. The van der Waals surface area contributed by atoms with Crippen LogP contribution >= 0.6 is 0 Å². The molecule has 5 heteroatoms. The van der Waals surface area contributed by atoms with Crippen LogP contribution in [0.4, 0.5) is 0 Å². The summed E-state index contributed by atoms with van der Waals surface area (Å²) in [5, 5.41) is 0. The first-order valence-corrected chi connectivity index (χ1v) is 9.15. The van der Waals surface area contributed by atoms with Gasteiger partial charge in [0.15, 0.2) is 0 Å². The predicted molar refractivity (Wildman–Crippen MR) is 99.8 cm³/mol. The number of ether oxygens (including phenoxy) is 2. The van der Waals surface area contributed by atoms with Crippen LogP contribution in [0.3, 0.4) is 0 Å². The number of rotatable bonds is 8. The molecule has 1 aromatic heterocycles. The largest absolute Gasteiger partial charge is 0.493 e. The molecule has 0 atom stereocenters. The van der Waals surface area contributed by atoms with E-state index in [9.17, 15) is 0 Å². The van der Waals surface area contributed by atoms with Gasteiger partial charge in [0.2, 0.25) is 0 Å². The number of nitrogens with one attached hydrogen (secondary N) is 1. The summed E-state index contributed by atoms with van der Waals surface area (Å²) in [5.74, 6) is 0.913. The van der Waals surface area contributed by atoms with Crippen LogP contribution in [0.2, 0.25) is 0 Å². The Morgan fingerprint density at radius 2 is 2.00 bits per heavy atom. The summed E-state index contributed by atoms with van der Waals surface area (Å²) in [6.07, 6.45) is 5.74. The van der Waals surface area contributed by atoms with E-state index in [2.05, 4.69) is 34.8 Å². The highest BCUT2D eigenvalue weighted by atomic mass is 16.5. The standard InChI is InChI=1S/C20H29N3O2/c1-20(2,7-9-23-10-13-24-14-11-23)8-12-25-19-6-4-3-5-17(19)18-15-21-16-22-18/h3-6,15-16H,7-14H2,1-2H3,(H,21,22). The average molecular weight is 343 g/mol. The van der Waals surface area contributed by atoms with Crippen molar-refractivity contribution in [3.63, 3.8) is 0 Å². The van der Waals surface area contributed by atoms with Crippen molar-refractivity contribution in [2.45, 2.75) is 26.7 Å². The van der Waals surface area contributed by atoms with Crippen LogP contribution in [0.15, 0.2) is 36.8 Å². The molecule has 0 saturated carbocycles. The fourth-order valence-corrected chi connectivity index (χ4v) is 3.07. The van der Waals surface area contributed by atoms with E-state index in [1.54, 1.807) is 6.33 Å². The summed E-state index contributed by atoms with van der Waals surface area (Å²) in [4.78, 5) is 9.75. The van der Waals surface area contributed by atoms with Gasteiger partial charge in [0.05, 0.1) is 38.0 Å². The summed E-state index contributed by atoms with van der Waals surface area (Å²) in [6, 6.07) is 8.12. The number of H-pyrrole nitrogens is 1. The van der Waals surface area contributed by atoms with Gasteiger partial charge in [-0.25, -0.2) is 4.98 Å². The smallest absolute Gasteiger partial charge is 0.128 e. The van der Waals surface area contributed by atoms with Crippen LogP contribution in [0.1, 0.15) is 26.7 Å². The Labute approximate surface area is 150 Å². The second kappa shape index (κ2) is 8.50.